The van der Waals surface area contributed by atoms with Crippen LogP contribution in [-0.2, 0) is 21.1 Å². The Kier molecular flexibility index (Phi) is 6.08. The fourth-order valence-electron chi connectivity index (χ4n) is 2.09. The van der Waals surface area contributed by atoms with Crippen LogP contribution in [0.25, 0.3) is 0 Å². The van der Waals surface area contributed by atoms with Crippen LogP contribution in [0.1, 0.15) is 12.5 Å². The third kappa shape index (κ3) is 4.99. The second-order valence-electron chi connectivity index (χ2n) is 5.13. The molecule has 0 fully saturated rings. The highest BCUT2D eigenvalue weighted by atomic mass is 32.2. The van der Waals surface area contributed by atoms with Crippen LogP contribution in [0.5, 0.6) is 5.75 Å². The molecule has 0 aliphatic rings. The van der Waals surface area contributed by atoms with Crippen LogP contribution in [0.3, 0.4) is 0 Å². The van der Waals surface area contributed by atoms with Gasteiger partial charge in [0.15, 0.2) is 0 Å². The Labute approximate surface area is 144 Å². The fourth-order valence-corrected chi connectivity index (χ4v) is 2.81. The van der Waals surface area contributed by atoms with Crippen molar-refractivity contribution in [1.29, 1.82) is 0 Å². The van der Waals surface area contributed by atoms with Crippen molar-refractivity contribution >= 4 is 21.4 Å². The summed E-state index contributed by atoms with van der Waals surface area (Å²) < 4.78 is 52.9. The minimum absolute atomic E-state index is 0.115. The molecule has 0 aliphatic heterocycles. The molecule has 2 rings (SSSR count). The largest absolute Gasteiger partial charge is 0.494 e. The average Bonchev–Trinajstić information content (AvgIpc) is 2.57. The molecule has 0 atom stereocenters. The molecule has 1 amide bonds. The molecule has 0 radical (unpaired) electrons. The summed E-state index contributed by atoms with van der Waals surface area (Å²) in [4.78, 5) is 11.5. The number of amides is 1. The number of carbonyl (C=O) groups is 1. The van der Waals surface area contributed by atoms with Crippen molar-refractivity contribution < 1.29 is 26.7 Å². The van der Waals surface area contributed by atoms with Gasteiger partial charge in [0.25, 0.3) is 0 Å². The highest BCUT2D eigenvalue weighted by molar-refractivity contribution is 7.91. The monoisotopic (exact) mass is 369 g/mol. The van der Waals surface area contributed by atoms with Gasteiger partial charge < -0.3 is 10.1 Å². The van der Waals surface area contributed by atoms with E-state index in [1.807, 2.05) is 6.92 Å². The number of alkyl halides is 2. The number of nitrogens with one attached hydrogen (secondary N) is 1. The maximum atomic E-state index is 12.5. The van der Waals surface area contributed by atoms with E-state index in [0.717, 1.165) is 17.7 Å². The van der Waals surface area contributed by atoms with Gasteiger partial charge >= 0.3 is 5.76 Å². The van der Waals surface area contributed by atoms with E-state index < -0.39 is 20.5 Å². The molecule has 5 nitrogen and oxygen atoms in total. The lowest BCUT2D eigenvalue weighted by molar-refractivity contribution is -0.115. The lowest BCUT2D eigenvalue weighted by atomic mass is 10.1. The standard InChI is InChI=1S/C17H17F2NO4S/c1-2-24-14-7-3-12(4-8-14)11-16(21)20-13-5-9-15(10-6-13)25(22,23)17(18)19/h3-10,17H,2,11H2,1H3,(H,20,21). The van der Waals surface area contributed by atoms with Crippen LogP contribution in [0, 0.1) is 0 Å². The summed E-state index contributed by atoms with van der Waals surface area (Å²) in [5.74, 6) is -3.08. The van der Waals surface area contributed by atoms with Crippen molar-refractivity contribution in [3.05, 3.63) is 54.1 Å². The molecular formula is C17H17F2NO4S. The van der Waals surface area contributed by atoms with Crippen molar-refractivity contribution in [3.8, 4) is 5.75 Å². The van der Waals surface area contributed by atoms with E-state index in [0.29, 0.717) is 18.0 Å². The third-order valence-electron chi connectivity index (χ3n) is 3.30. The minimum Gasteiger partial charge on any atom is -0.494 e. The number of halogens is 2. The zero-order chi connectivity index (χ0) is 18.4. The Morgan fingerprint density at radius 2 is 1.68 bits per heavy atom. The van der Waals surface area contributed by atoms with Crippen LogP contribution in [-0.4, -0.2) is 26.7 Å². The Bertz CT molecular complexity index is 819. The Hall–Kier alpha value is -2.48. The number of benzene rings is 2. The number of carbonyl (C=O) groups excluding carboxylic acids is 1. The lowest BCUT2D eigenvalue weighted by Crippen LogP contribution is -2.15. The second kappa shape index (κ2) is 8.06. The van der Waals surface area contributed by atoms with Crippen molar-refractivity contribution in [3.63, 3.8) is 0 Å². The molecule has 134 valence electrons. The molecule has 0 aliphatic carbocycles. The van der Waals surface area contributed by atoms with Crippen LogP contribution in [0.4, 0.5) is 14.5 Å². The molecule has 2 aromatic rings. The quantitative estimate of drug-likeness (QED) is 0.813. The SMILES string of the molecule is CCOc1ccc(CC(=O)Nc2ccc(S(=O)(=O)C(F)F)cc2)cc1. The molecule has 0 spiro atoms. The molecule has 0 unspecified atom stereocenters. The zero-order valence-corrected chi connectivity index (χ0v) is 14.2. The lowest BCUT2D eigenvalue weighted by Gasteiger charge is -2.08. The van der Waals surface area contributed by atoms with Gasteiger partial charge in [0.2, 0.25) is 15.7 Å². The number of hydrogen-bond acceptors (Lipinski definition) is 4. The Morgan fingerprint density at radius 1 is 1.08 bits per heavy atom. The van der Waals surface area contributed by atoms with E-state index in [2.05, 4.69) is 5.32 Å². The van der Waals surface area contributed by atoms with Gasteiger partial charge in [-0.1, -0.05) is 12.1 Å². The Balaban J connectivity index is 1.98. The van der Waals surface area contributed by atoms with Gasteiger partial charge in [-0.15, -0.1) is 0 Å². The predicted molar refractivity (Wildman–Crippen MR) is 89.6 cm³/mol. The molecule has 0 saturated heterocycles. The number of sulfone groups is 1. The van der Waals surface area contributed by atoms with Gasteiger partial charge in [0, 0.05) is 5.69 Å². The molecule has 2 aromatic carbocycles. The van der Waals surface area contributed by atoms with Crippen molar-refractivity contribution in [2.45, 2.75) is 24.0 Å². The zero-order valence-electron chi connectivity index (χ0n) is 13.4. The summed E-state index contributed by atoms with van der Waals surface area (Å²) in [6.45, 7) is 2.43. The first-order valence-electron chi connectivity index (χ1n) is 7.46. The molecule has 1 N–H and O–H groups in total. The van der Waals surface area contributed by atoms with Gasteiger partial charge in [-0.25, -0.2) is 8.42 Å². The highest BCUT2D eigenvalue weighted by Crippen LogP contribution is 2.20. The summed E-state index contributed by atoms with van der Waals surface area (Å²) in [5.41, 5.74) is 1.10. The summed E-state index contributed by atoms with van der Waals surface area (Å²) >= 11 is 0. The maximum Gasteiger partial charge on any atom is 0.341 e. The number of rotatable bonds is 7. The topological polar surface area (TPSA) is 72.5 Å². The number of anilines is 1. The van der Waals surface area contributed by atoms with Crippen molar-refractivity contribution in [2.75, 3.05) is 11.9 Å². The van der Waals surface area contributed by atoms with Gasteiger partial charge in [0.1, 0.15) is 5.75 Å². The first-order valence-corrected chi connectivity index (χ1v) is 9.01. The first-order chi connectivity index (χ1) is 11.8. The summed E-state index contributed by atoms with van der Waals surface area (Å²) in [6.07, 6.45) is 0.115. The number of hydrogen-bond donors (Lipinski definition) is 1. The average molecular weight is 369 g/mol. The van der Waals surface area contributed by atoms with Crippen molar-refractivity contribution in [2.24, 2.45) is 0 Å². The molecule has 25 heavy (non-hydrogen) atoms. The van der Waals surface area contributed by atoms with E-state index in [1.165, 1.54) is 12.1 Å². The molecule has 0 bridgehead atoms. The predicted octanol–water partition coefficient (Wildman–Crippen LogP) is 3.26. The minimum atomic E-state index is -4.64. The summed E-state index contributed by atoms with van der Waals surface area (Å²) in [7, 11) is -4.64. The van der Waals surface area contributed by atoms with Gasteiger partial charge in [-0.3, -0.25) is 4.79 Å². The highest BCUT2D eigenvalue weighted by Gasteiger charge is 2.26. The van der Waals surface area contributed by atoms with Gasteiger partial charge in [-0.05, 0) is 48.9 Å². The second-order valence-corrected chi connectivity index (χ2v) is 7.05. The molecule has 0 aromatic heterocycles. The maximum absolute atomic E-state index is 12.5. The van der Waals surface area contributed by atoms with Gasteiger partial charge in [0.05, 0.1) is 17.9 Å². The van der Waals surface area contributed by atoms with Gasteiger partial charge in [-0.2, -0.15) is 8.78 Å². The van der Waals surface area contributed by atoms with Crippen LogP contribution >= 0.6 is 0 Å². The first kappa shape index (κ1) is 18.9. The molecular weight excluding hydrogens is 352 g/mol. The van der Waals surface area contributed by atoms with Crippen LogP contribution in [0.15, 0.2) is 53.4 Å². The third-order valence-corrected chi connectivity index (χ3v) is 4.70. The smallest absolute Gasteiger partial charge is 0.341 e. The van der Waals surface area contributed by atoms with Crippen molar-refractivity contribution in [1.82, 2.24) is 0 Å². The summed E-state index contributed by atoms with van der Waals surface area (Å²) in [6, 6.07) is 11.7. The Morgan fingerprint density at radius 3 is 2.20 bits per heavy atom. The number of ether oxygens (including phenoxy) is 1. The van der Waals surface area contributed by atoms with E-state index in [9.17, 15) is 22.0 Å². The van der Waals surface area contributed by atoms with E-state index in [1.54, 1.807) is 24.3 Å². The summed E-state index contributed by atoms with van der Waals surface area (Å²) in [5, 5.41) is 2.59. The van der Waals surface area contributed by atoms with E-state index in [-0.39, 0.29) is 12.3 Å². The fraction of sp³-hybridized carbons (Fsp3) is 0.235. The molecule has 0 heterocycles. The molecule has 8 heteroatoms. The van der Waals surface area contributed by atoms with E-state index >= 15 is 0 Å². The van der Waals surface area contributed by atoms with Crippen LogP contribution in [0.2, 0.25) is 0 Å². The van der Waals surface area contributed by atoms with Crippen LogP contribution < -0.4 is 10.1 Å². The van der Waals surface area contributed by atoms with E-state index in [4.69, 9.17) is 4.74 Å². The normalized spacial score (nSPS) is 11.4. The molecule has 0 saturated carbocycles.